The number of nitrogens with zero attached hydrogens (tertiary/aromatic N) is 6. The Hall–Kier alpha value is -0.912. The molecule has 1 N–H and O–H groups in total. The van der Waals surface area contributed by atoms with E-state index in [2.05, 4.69) is 29.7 Å². The first-order valence-electron chi connectivity index (χ1n) is 1.49. The van der Waals surface area contributed by atoms with Crippen LogP contribution in [0.3, 0.4) is 0 Å². The summed E-state index contributed by atoms with van der Waals surface area (Å²) in [6.07, 6.45) is 0. The van der Waals surface area contributed by atoms with E-state index in [0.29, 0.717) is 0 Å². The van der Waals surface area contributed by atoms with E-state index < -0.39 is 18.3 Å². The average molecular weight is 310 g/mol. The molecule has 0 aromatic rings. The van der Waals surface area contributed by atoms with Gasteiger partial charge in [0, 0.05) is 0 Å². The van der Waals surface area contributed by atoms with Gasteiger partial charge in [-0.2, -0.15) is 0 Å². The average Bonchev–Trinajstić information content (AvgIpc) is 1.89. The van der Waals surface area contributed by atoms with Gasteiger partial charge >= 0.3 is 57.0 Å². The van der Waals surface area contributed by atoms with Crippen molar-refractivity contribution in [1.29, 1.82) is 5.53 Å². The van der Waals surface area contributed by atoms with Crippen molar-refractivity contribution in [2.45, 2.75) is 0 Å². The maximum atomic E-state index is 9.62. The van der Waals surface area contributed by atoms with Gasteiger partial charge in [-0.15, -0.1) is 0 Å². The van der Waals surface area contributed by atoms with Crippen molar-refractivity contribution in [2.24, 2.45) is 29.7 Å². The van der Waals surface area contributed by atoms with E-state index in [-0.39, 0.29) is 0 Å². The van der Waals surface area contributed by atoms with E-state index >= 15 is 0 Å². The van der Waals surface area contributed by atoms with Crippen LogP contribution in [0.2, 0.25) is 0 Å². The summed E-state index contributed by atoms with van der Waals surface area (Å²) in [6, 6.07) is 0. The molecule has 0 aromatic heterocycles. The van der Waals surface area contributed by atoms with Crippen molar-refractivity contribution in [3.8, 4) is 0 Å². The zero-order valence-electron chi connectivity index (χ0n) is 3.91. The van der Waals surface area contributed by atoms with Gasteiger partial charge in [-0.3, -0.25) is 0 Å². The molecule has 0 aliphatic carbocycles. The molecule has 0 atom stereocenters. The van der Waals surface area contributed by atoms with Crippen LogP contribution in [0, 0.1) is 5.53 Å². The fraction of sp³-hybridized carbons (Fsp3) is 0. The molecule has 9 heavy (non-hydrogen) atoms. The van der Waals surface area contributed by atoms with E-state index in [9.17, 15) is 3.40 Å². The van der Waals surface area contributed by atoms with Crippen LogP contribution in [0.4, 0.5) is 0 Å². The summed E-state index contributed by atoms with van der Waals surface area (Å²) < 4.78 is 12.6. The Kier molecular flexibility index (Phi) is 6.37. The van der Waals surface area contributed by atoms with Crippen LogP contribution < -0.4 is 0 Å². The molecule has 0 unspecified atom stereocenters. The summed E-state index contributed by atoms with van der Waals surface area (Å²) in [6.45, 7) is 0. The van der Waals surface area contributed by atoms with E-state index in [4.69, 9.17) is 5.53 Å². The molecule has 8 nitrogen and oxygen atoms in total. The number of hydrogen-bond acceptors (Lipinski definition) is 3. The molecule has 0 heterocycles. The van der Waals surface area contributed by atoms with Crippen LogP contribution in [-0.2, 0) is 21.7 Å². The van der Waals surface area contributed by atoms with Gasteiger partial charge in [0.15, 0.2) is 0 Å². The van der Waals surface area contributed by atoms with Crippen LogP contribution in [-0.4, -0.2) is 0 Å². The fourth-order valence-electron chi connectivity index (χ4n) is 0.0800. The van der Waals surface area contributed by atoms with Crippen molar-refractivity contribution in [2.75, 3.05) is 0 Å². The van der Waals surface area contributed by atoms with Gasteiger partial charge in [-0.1, -0.05) is 0 Å². The molecule has 0 spiro atoms. The van der Waals surface area contributed by atoms with Crippen molar-refractivity contribution in [1.82, 2.24) is 0 Å². The quantitative estimate of drug-likeness (QED) is 0.614. The molecule has 52 valence electrons. The summed E-state index contributed by atoms with van der Waals surface area (Å²) in [5.41, 5.74) is 6.06. The van der Waals surface area contributed by atoms with Gasteiger partial charge < -0.3 is 0 Å². The van der Waals surface area contributed by atoms with Gasteiger partial charge in [0.05, 0.1) is 0 Å². The van der Waals surface area contributed by atoms with Gasteiger partial charge in [0.1, 0.15) is 0 Å². The van der Waals surface area contributed by atoms with Crippen molar-refractivity contribution in [3.05, 3.63) is 0 Å². The predicted molar refractivity (Wildman–Crippen MR) is 18.0 cm³/mol. The second kappa shape index (κ2) is 7.09. The second-order valence-electron chi connectivity index (χ2n) is 0.579. The molecular weight excluding hydrogens is 309 g/mol. The first kappa shape index (κ1) is 8.09. The van der Waals surface area contributed by atoms with E-state index in [1.165, 1.54) is 0 Å². The van der Waals surface area contributed by atoms with Crippen LogP contribution in [0.15, 0.2) is 29.7 Å². The summed E-state index contributed by atoms with van der Waals surface area (Å²) >= 11 is -1.49. The molecule has 0 amide bonds. The molecule has 0 bridgehead atoms. The fourth-order valence-corrected chi connectivity index (χ4v) is 0.254. The minimum absolute atomic E-state index is 1.49. The standard InChI is InChI=1S/HN7.O.Pt/c1-3-5-7-6-4-2;;/h1H;;/b3-1?,6-4+,7-5+;;. The zero-order chi connectivity index (χ0) is 6.95. The minimum atomic E-state index is -1.49. The molecule has 0 radical (unpaired) electrons. The SMILES string of the molecule is N=N/N=N/N=N/[N]=[Pt]=[O]. The Morgan fingerprint density at radius 3 is 2.33 bits per heavy atom. The third kappa shape index (κ3) is 7.09. The number of hydrogen-bond donors (Lipinski definition) is 1. The number of rotatable bonds is 3. The molecule has 0 aliphatic heterocycles. The van der Waals surface area contributed by atoms with Gasteiger partial charge in [-0.05, 0) is 0 Å². The predicted octanol–water partition coefficient (Wildman–Crippen LogP) is 1.28. The van der Waals surface area contributed by atoms with Crippen molar-refractivity contribution < 1.29 is 21.7 Å². The van der Waals surface area contributed by atoms with Crippen molar-refractivity contribution in [3.63, 3.8) is 0 Å². The Morgan fingerprint density at radius 2 is 1.78 bits per heavy atom. The molecule has 0 saturated carbocycles. The topological polar surface area (TPSA) is 115 Å². The van der Waals surface area contributed by atoms with E-state index in [1.54, 1.807) is 0 Å². The van der Waals surface area contributed by atoms with Gasteiger partial charge in [0.2, 0.25) is 0 Å². The van der Waals surface area contributed by atoms with Gasteiger partial charge in [0.25, 0.3) is 0 Å². The van der Waals surface area contributed by atoms with Crippen LogP contribution >= 0.6 is 0 Å². The third-order valence-corrected chi connectivity index (χ3v) is 0.608. The molecule has 0 saturated heterocycles. The Balaban J connectivity index is 3.58. The Morgan fingerprint density at radius 1 is 1.11 bits per heavy atom. The summed E-state index contributed by atoms with van der Waals surface area (Å²) in [5.74, 6) is 0. The molecule has 0 rings (SSSR count). The van der Waals surface area contributed by atoms with Crippen LogP contribution in [0.5, 0.6) is 0 Å². The second-order valence-corrected chi connectivity index (χ2v) is 1.45. The monoisotopic (exact) mass is 310 g/mol. The molecular formula is HN7OPt. The summed E-state index contributed by atoms with van der Waals surface area (Å²) in [4.78, 5) is 0. The van der Waals surface area contributed by atoms with E-state index in [1.807, 2.05) is 0 Å². The first-order chi connectivity index (χ1) is 4.41. The molecule has 9 heteroatoms. The zero-order valence-corrected chi connectivity index (χ0v) is 6.18. The summed E-state index contributed by atoms with van der Waals surface area (Å²) in [7, 11) is 0. The Bertz CT molecular complexity index is 173. The third-order valence-electron chi connectivity index (χ3n) is 0.219. The van der Waals surface area contributed by atoms with E-state index in [0.717, 1.165) is 0 Å². The van der Waals surface area contributed by atoms with Gasteiger partial charge in [-0.25, -0.2) is 0 Å². The number of nitrogens with one attached hydrogen (secondary N) is 1. The molecule has 0 aliphatic rings. The normalized spacial score (nSPS) is 11.1. The Labute approximate surface area is 57.6 Å². The molecule has 0 fully saturated rings. The summed E-state index contributed by atoms with van der Waals surface area (Å²) in [5, 5.41) is 13.9. The first-order valence-corrected chi connectivity index (χ1v) is 3.44. The molecule has 0 aromatic carbocycles. The van der Waals surface area contributed by atoms with Crippen LogP contribution in [0.1, 0.15) is 0 Å². The van der Waals surface area contributed by atoms with Crippen LogP contribution in [0.25, 0.3) is 0 Å². The van der Waals surface area contributed by atoms with Crippen molar-refractivity contribution >= 4 is 0 Å². The maximum absolute atomic E-state index is 9.62.